The molecule has 0 spiro atoms. The maximum absolute atomic E-state index is 11.0. The third-order valence-corrected chi connectivity index (χ3v) is 4.13. The van der Waals surface area contributed by atoms with Gasteiger partial charge in [-0.15, -0.1) is 0 Å². The van der Waals surface area contributed by atoms with Crippen LogP contribution in [0.1, 0.15) is 32.6 Å². The lowest BCUT2D eigenvalue weighted by atomic mass is 10.2. The fourth-order valence-corrected chi connectivity index (χ4v) is 2.24. The first kappa shape index (κ1) is 12.4. The van der Waals surface area contributed by atoms with Gasteiger partial charge in [0.05, 0.1) is 5.75 Å². The molecule has 0 fully saturated rings. The molecule has 0 heterocycles. The van der Waals surface area contributed by atoms with Crippen LogP contribution in [-0.2, 0) is 9.84 Å². The minimum Gasteiger partial charge on any atom is -0.229 e. The first-order chi connectivity index (χ1) is 5.62. The minimum atomic E-state index is -2.72. The summed E-state index contributed by atoms with van der Waals surface area (Å²) >= 11 is 3.34. The van der Waals surface area contributed by atoms with Gasteiger partial charge in [0.1, 0.15) is 9.84 Å². The Bertz CT molecular complexity index is 187. The lowest BCUT2D eigenvalue weighted by Gasteiger charge is -2.00. The Morgan fingerprint density at radius 3 is 2.17 bits per heavy atom. The van der Waals surface area contributed by atoms with E-state index in [4.69, 9.17) is 0 Å². The molecule has 4 heteroatoms. The van der Waals surface area contributed by atoms with Gasteiger partial charge in [0.2, 0.25) is 0 Å². The summed E-state index contributed by atoms with van der Waals surface area (Å²) in [5.74, 6) is 0.650. The number of alkyl halides is 1. The van der Waals surface area contributed by atoms with Crippen LogP contribution in [0.4, 0.5) is 0 Å². The molecule has 0 aromatic heterocycles. The van der Waals surface area contributed by atoms with Gasteiger partial charge in [-0.2, -0.15) is 0 Å². The zero-order chi connectivity index (χ0) is 9.45. The van der Waals surface area contributed by atoms with Crippen molar-refractivity contribution in [3.05, 3.63) is 0 Å². The summed E-state index contributed by atoms with van der Waals surface area (Å²) in [7, 11) is -2.72. The molecular weight excluding hydrogens is 240 g/mol. The summed E-state index contributed by atoms with van der Waals surface area (Å²) in [5, 5.41) is 1.02. The van der Waals surface area contributed by atoms with E-state index in [1.165, 1.54) is 0 Å². The molecule has 0 aliphatic carbocycles. The first-order valence-corrected chi connectivity index (χ1v) is 7.33. The molecule has 0 amide bonds. The van der Waals surface area contributed by atoms with Crippen molar-refractivity contribution in [2.75, 3.05) is 16.8 Å². The van der Waals surface area contributed by atoms with Crippen molar-refractivity contribution in [3.63, 3.8) is 0 Å². The molecule has 0 N–H and O–H groups in total. The molecule has 74 valence electrons. The van der Waals surface area contributed by atoms with E-state index in [0.717, 1.165) is 31.0 Å². The maximum Gasteiger partial charge on any atom is 0.150 e. The second kappa shape index (κ2) is 6.89. The molecule has 0 rings (SSSR count). The Balaban J connectivity index is 3.32. The van der Waals surface area contributed by atoms with Crippen LogP contribution < -0.4 is 0 Å². The molecule has 0 unspecified atom stereocenters. The van der Waals surface area contributed by atoms with Gasteiger partial charge in [0.25, 0.3) is 0 Å². The van der Waals surface area contributed by atoms with Crippen molar-refractivity contribution in [3.8, 4) is 0 Å². The van der Waals surface area contributed by atoms with E-state index >= 15 is 0 Å². The van der Waals surface area contributed by atoms with Gasteiger partial charge in [-0.1, -0.05) is 35.7 Å². The van der Waals surface area contributed by atoms with Crippen molar-refractivity contribution in [2.45, 2.75) is 32.6 Å². The van der Waals surface area contributed by atoms with Crippen molar-refractivity contribution < 1.29 is 8.42 Å². The van der Waals surface area contributed by atoms with E-state index in [1.54, 1.807) is 6.92 Å². The monoisotopic (exact) mass is 256 g/mol. The SMILES string of the molecule is CCS(=O)(=O)CCCCCCBr. The van der Waals surface area contributed by atoms with E-state index in [-0.39, 0.29) is 5.75 Å². The van der Waals surface area contributed by atoms with E-state index in [1.807, 2.05) is 0 Å². The second-order valence-electron chi connectivity index (χ2n) is 2.84. The Morgan fingerprint density at radius 1 is 1.08 bits per heavy atom. The smallest absolute Gasteiger partial charge is 0.150 e. The molecule has 0 saturated heterocycles. The quantitative estimate of drug-likeness (QED) is 0.518. The van der Waals surface area contributed by atoms with Gasteiger partial charge in [0, 0.05) is 11.1 Å². The third-order valence-electron chi connectivity index (χ3n) is 1.78. The van der Waals surface area contributed by atoms with Gasteiger partial charge in [0.15, 0.2) is 0 Å². The fraction of sp³-hybridized carbons (Fsp3) is 1.00. The number of hydrogen-bond donors (Lipinski definition) is 0. The van der Waals surface area contributed by atoms with Gasteiger partial charge in [-0.3, -0.25) is 0 Å². The maximum atomic E-state index is 11.0. The average Bonchev–Trinajstić information content (AvgIpc) is 2.04. The van der Waals surface area contributed by atoms with Crippen molar-refractivity contribution in [1.82, 2.24) is 0 Å². The average molecular weight is 257 g/mol. The fourth-order valence-electron chi connectivity index (χ4n) is 0.914. The Morgan fingerprint density at radius 2 is 1.67 bits per heavy atom. The van der Waals surface area contributed by atoms with E-state index in [9.17, 15) is 8.42 Å². The standard InChI is InChI=1S/C8H17BrO2S/c1-2-12(10,11)8-6-4-3-5-7-9/h2-8H2,1H3. The topological polar surface area (TPSA) is 34.1 Å². The summed E-state index contributed by atoms with van der Waals surface area (Å²) in [6.07, 6.45) is 4.13. The van der Waals surface area contributed by atoms with E-state index in [2.05, 4.69) is 15.9 Å². The van der Waals surface area contributed by atoms with Gasteiger partial charge in [-0.05, 0) is 12.8 Å². The van der Waals surface area contributed by atoms with Crippen molar-refractivity contribution in [1.29, 1.82) is 0 Å². The summed E-state index contributed by atoms with van der Waals surface area (Å²) in [6.45, 7) is 1.70. The molecule has 0 aliphatic heterocycles. The summed E-state index contributed by atoms with van der Waals surface area (Å²) in [6, 6.07) is 0. The molecule has 0 saturated carbocycles. The van der Waals surface area contributed by atoms with E-state index < -0.39 is 9.84 Å². The predicted octanol–water partition coefficient (Wildman–Crippen LogP) is 2.38. The number of rotatable bonds is 7. The van der Waals surface area contributed by atoms with Crippen LogP contribution in [-0.4, -0.2) is 25.3 Å². The Kier molecular flexibility index (Phi) is 7.14. The summed E-state index contributed by atoms with van der Waals surface area (Å²) in [4.78, 5) is 0. The highest BCUT2D eigenvalue weighted by atomic mass is 79.9. The number of sulfone groups is 1. The minimum absolute atomic E-state index is 0.283. The zero-order valence-corrected chi connectivity index (χ0v) is 9.95. The molecule has 0 atom stereocenters. The Labute approximate surface area is 83.8 Å². The second-order valence-corrected chi connectivity index (χ2v) is 6.11. The number of hydrogen-bond acceptors (Lipinski definition) is 2. The van der Waals surface area contributed by atoms with Crippen LogP contribution in [0.2, 0.25) is 0 Å². The first-order valence-electron chi connectivity index (χ1n) is 4.39. The molecular formula is C8H17BrO2S. The van der Waals surface area contributed by atoms with Crippen LogP contribution in [0, 0.1) is 0 Å². The highest BCUT2D eigenvalue weighted by Crippen LogP contribution is 2.04. The third kappa shape index (κ3) is 7.10. The lowest BCUT2D eigenvalue weighted by molar-refractivity contribution is 0.590. The van der Waals surface area contributed by atoms with Gasteiger partial charge in [-0.25, -0.2) is 8.42 Å². The van der Waals surface area contributed by atoms with Crippen molar-refractivity contribution in [2.24, 2.45) is 0 Å². The molecule has 12 heavy (non-hydrogen) atoms. The summed E-state index contributed by atoms with van der Waals surface area (Å²) in [5.41, 5.74) is 0. The van der Waals surface area contributed by atoms with E-state index in [0.29, 0.717) is 5.75 Å². The van der Waals surface area contributed by atoms with Crippen LogP contribution in [0.25, 0.3) is 0 Å². The number of halogens is 1. The van der Waals surface area contributed by atoms with Crippen molar-refractivity contribution >= 4 is 25.8 Å². The molecule has 0 bridgehead atoms. The summed E-state index contributed by atoms with van der Waals surface area (Å²) < 4.78 is 22.0. The zero-order valence-electron chi connectivity index (χ0n) is 7.55. The highest BCUT2D eigenvalue weighted by molar-refractivity contribution is 9.09. The van der Waals surface area contributed by atoms with Gasteiger partial charge < -0.3 is 0 Å². The van der Waals surface area contributed by atoms with Crippen LogP contribution >= 0.6 is 15.9 Å². The molecule has 0 radical (unpaired) electrons. The van der Waals surface area contributed by atoms with Gasteiger partial charge >= 0.3 is 0 Å². The Hall–Kier alpha value is 0.430. The normalized spacial score (nSPS) is 11.8. The molecule has 0 aromatic rings. The lowest BCUT2D eigenvalue weighted by Crippen LogP contribution is -2.08. The molecule has 0 aromatic carbocycles. The highest BCUT2D eigenvalue weighted by Gasteiger charge is 2.05. The predicted molar refractivity (Wildman–Crippen MR) is 56.6 cm³/mol. The van der Waals surface area contributed by atoms with Crippen LogP contribution in [0.3, 0.4) is 0 Å². The van der Waals surface area contributed by atoms with Crippen LogP contribution in [0.15, 0.2) is 0 Å². The number of unbranched alkanes of at least 4 members (excludes halogenated alkanes) is 3. The molecule has 2 nitrogen and oxygen atoms in total. The molecule has 0 aliphatic rings. The largest absolute Gasteiger partial charge is 0.229 e. The van der Waals surface area contributed by atoms with Crippen LogP contribution in [0.5, 0.6) is 0 Å².